The zero-order valence-electron chi connectivity index (χ0n) is 34.7. The van der Waals surface area contributed by atoms with Crippen LogP contribution in [0.3, 0.4) is 0 Å². The lowest BCUT2D eigenvalue weighted by atomic mass is 9.59. The molecule has 0 bridgehead atoms. The van der Waals surface area contributed by atoms with Crippen LogP contribution in [0.15, 0.2) is 182 Å². The van der Waals surface area contributed by atoms with Gasteiger partial charge in [0, 0.05) is 32.9 Å². The Bertz CT molecular complexity index is 3280. The molecule has 2 heteroatoms. The van der Waals surface area contributed by atoms with E-state index in [2.05, 4.69) is 233 Å². The monoisotopic (exact) mass is 760 g/mol. The number of hydrogen-bond acceptors (Lipinski definition) is 0. The van der Waals surface area contributed by atoms with E-state index >= 15 is 0 Å². The van der Waals surface area contributed by atoms with E-state index in [9.17, 15) is 0 Å². The van der Waals surface area contributed by atoms with Crippen LogP contribution in [-0.4, -0.2) is 9.13 Å². The van der Waals surface area contributed by atoms with Crippen molar-refractivity contribution in [1.29, 1.82) is 0 Å². The molecule has 0 amide bonds. The van der Waals surface area contributed by atoms with Gasteiger partial charge >= 0.3 is 0 Å². The molecule has 0 radical (unpaired) electrons. The van der Waals surface area contributed by atoms with Crippen molar-refractivity contribution in [3.05, 3.63) is 193 Å². The lowest BCUT2D eigenvalue weighted by Gasteiger charge is -2.44. The van der Waals surface area contributed by atoms with Crippen LogP contribution >= 0.6 is 0 Å². The number of hydrogen-bond donors (Lipinski definition) is 0. The quantitative estimate of drug-likeness (QED) is 0.165. The third kappa shape index (κ3) is 5.05. The topological polar surface area (TPSA) is 9.86 Å². The molecular weight excluding hydrogens is 713 g/mol. The zero-order chi connectivity index (χ0) is 40.3. The molecule has 0 atom stereocenters. The summed E-state index contributed by atoms with van der Waals surface area (Å²) < 4.78 is 4.85. The van der Waals surface area contributed by atoms with E-state index < -0.39 is 0 Å². The molecule has 0 spiro atoms. The summed E-state index contributed by atoms with van der Waals surface area (Å²) in [6.45, 7) is 14.7. The van der Waals surface area contributed by atoms with Crippen LogP contribution in [0, 0.1) is 5.41 Å². The molecule has 0 fully saturated rings. The Labute approximate surface area is 347 Å². The lowest BCUT2D eigenvalue weighted by Crippen LogP contribution is -2.42. The van der Waals surface area contributed by atoms with Gasteiger partial charge in [-0.1, -0.05) is 151 Å². The van der Waals surface area contributed by atoms with Crippen molar-refractivity contribution >= 4 is 43.6 Å². The van der Waals surface area contributed by atoms with Crippen molar-refractivity contribution in [2.45, 2.75) is 52.4 Å². The summed E-state index contributed by atoms with van der Waals surface area (Å²) in [7, 11) is 0. The fraction of sp³-hybridized carbons (Fsp3) is 0.158. The summed E-state index contributed by atoms with van der Waals surface area (Å²) in [5.41, 5.74) is 17.6. The predicted octanol–water partition coefficient (Wildman–Crippen LogP) is 15.5. The van der Waals surface area contributed by atoms with Crippen LogP contribution in [0.2, 0.25) is 0 Å². The summed E-state index contributed by atoms with van der Waals surface area (Å²) in [4.78, 5) is 0. The fourth-order valence-electron chi connectivity index (χ4n) is 10.4. The van der Waals surface area contributed by atoms with Gasteiger partial charge in [0.1, 0.15) is 0 Å². The SMILES string of the molecule is CC1(C)c2cc(-c3ccc4c(c3)c3ccccc3n4-c3ccccc3)c(-c3ccc4c(c3)c3ccccc3n4-c3cccc(-c4ccccc4)c3)cc2C(C)(C)C1(C)C. The standard InChI is InChI=1S/C57H48N2/c1-55(2)49-35-45(39-28-30-53-47(33-39)43-24-13-15-26-51(43)58(53)41-21-11-8-12-22-41)46(36-50(49)56(3,4)57(55,5)6)40-29-31-54-48(34-40)44-25-14-16-27-52(44)59(54)42-23-17-20-38(32-42)37-18-9-7-10-19-37/h7-36H,1-6H3. The molecule has 1 aliphatic rings. The smallest absolute Gasteiger partial charge is 0.0541 e. The van der Waals surface area contributed by atoms with Gasteiger partial charge < -0.3 is 9.13 Å². The summed E-state index contributed by atoms with van der Waals surface area (Å²) in [6, 6.07) is 67.6. The summed E-state index contributed by atoms with van der Waals surface area (Å²) in [6.07, 6.45) is 0. The zero-order valence-corrected chi connectivity index (χ0v) is 34.7. The Morgan fingerprint density at radius 3 is 1.27 bits per heavy atom. The molecule has 0 unspecified atom stereocenters. The minimum atomic E-state index is -0.0317. The van der Waals surface area contributed by atoms with Gasteiger partial charge in [-0.3, -0.25) is 0 Å². The number of fused-ring (bicyclic) bond motifs is 7. The van der Waals surface area contributed by atoms with Crippen molar-refractivity contribution < 1.29 is 0 Å². The largest absolute Gasteiger partial charge is 0.309 e. The minimum absolute atomic E-state index is 0.0296. The van der Waals surface area contributed by atoms with Gasteiger partial charge in [0.25, 0.3) is 0 Å². The van der Waals surface area contributed by atoms with Gasteiger partial charge in [-0.15, -0.1) is 0 Å². The summed E-state index contributed by atoms with van der Waals surface area (Å²) in [5.74, 6) is 0. The highest BCUT2D eigenvalue weighted by atomic mass is 15.0. The van der Waals surface area contributed by atoms with Crippen molar-refractivity contribution in [1.82, 2.24) is 9.13 Å². The van der Waals surface area contributed by atoms with E-state index in [0.717, 1.165) is 5.69 Å². The Hall–Kier alpha value is -6.64. The van der Waals surface area contributed by atoms with E-state index in [4.69, 9.17) is 0 Å². The predicted molar refractivity (Wildman–Crippen MR) is 251 cm³/mol. The van der Waals surface area contributed by atoms with Crippen molar-refractivity contribution in [3.8, 4) is 44.8 Å². The maximum absolute atomic E-state index is 2.56. The molecule has 8 aromatic carbocycles. The third-order valence-electron chi connectivity index (χ3n) is 14.8. The molecule has 0 saturated heterocycles. The highest BCUT2D eigenvalue weighted by Crippen LogP contribution is 2.63. The Balaban J connectivity index is 1.16. The maximum atomic E-state index is 2.56. The van der Waals surface area contributed by atoms with Crippen molar-refractivity contribution in [2.75, 3.05) is 0 Å². The van der Waals surface area contributed by atoms with Gasteiger partial charge in [-0.25, -0.2) is 0 Å². The first-order valence-corrected chi connectivity index (χ1v) is 21.0. The number of rotatable bonds is 5. The molecule has 0 N–H and O–H groups in total. The molecule has 0 saturated carbocycles. The van der Waals surface area contributed by atoms with Crippen LogP contribution in [0.25, 0.3) is 88.4 Å². The second-order valence-electron chi connectivity index (χ2n) is 18.2. The normalized spacial score (nSPS) is 15.4. The molecule has 59 heavy (non-hydrogen) atoms. The van der Waals surface area contributed by atoms with Crippen LogP contribution in [0.1, 0.15) is 52.7 Å². The Morgan fingerprint density at radius 2 is 0.729 bits per heavy atom. The second kappa shape index (κ2) is 12.7. The molecule has 0 aliphatic heterocycles. The van der Waals surface area contributed by atoms with Crippen molar-refractivity contribution in [3.63, 3.8) is 0 Å². The van der Waals surface area contributed by atoms with Gasteiger partial charge in [-0.05, 0) is 134 Å². The van der Waals surface area contributed by atoms with Crippen LogP contribution in [-0.2, 0) is 10.8 Å². The van der Waals surface area contributed by atoms with Crippen LogP contribution < -0.4 is 0 Å². The Kier molecular flexibility index (Phi) is 7.63. The van der Waals surface area contributed by atoms with Gasteiger partial charge in [0.05, 0.1) is 22.1 Å². The highest BCUT2D eigenvalue weighted by molar-refractivity contribution is 6.12. The van der Waals surface area contributed by atoms with E-state index in [1.165, 1.54) is 93.8 Å². The molecule has 2 nitrogen and oxygen atoms in total. The van der Waals surface area contributed by atoms with Crippen LogP contribution in [0.5, 0.6) is 0 Å². The molecule has 1 aliphatic carbocycles. The first kappa shape index (κ1) is 35.5. The first-order chi connectivity index (χ1) is 28.5. The van der Waals surface area contributed by atoms with E-state index in [0.29, 0.717) is 0 Å². The van der Waals surface area contributed by atoms with Crippen molar-refractivity contribution in [2.24, 2.45) is 5.41 Å². The van der Waals surface area contributed by atoms with Crippen LogP contribution in [0.4, 0.5) is 0 Å². The number of aromatic nitrogens is 2. The lowest BCUT2D eigenvalue weighted by molar-refractivity contribution is 0.125. The number of para-hydroxylation sites is 3. The number of nitrogens with zero attached hydrogens (tertiary/aromatic N) is 2. The van der Waals surface area contributed by atoms with Gasteiger partial charge in [0.15, 0.2) is 0 Å². The Morgan fingerprint density at radius 1 is 0.305 bits per heavy atom. The fourth-order valence-corrected chi connectivity index (χ4v) is 10.4. The average Bonchev–Trinajstić information content (AvgIpc) is 3.81. The minimum Gasteiger partial charge on any atom is -0.309 e. The van der Waals surface area contributed by atoms with Gasteiger partial charge in [0.2, 0.25) is 0 Å². The molecule has 11 rings (SSSR count). The number of benzene rings is 8. The summed E-state index contributed by atoms with van der Waals surface area (Å²) >= 11 is 0. The van der Waals surface area contributed by atoms with E-state index in [1.54, 1.807) is 0 Å². The molecular formula is C57H48N2. The maximum Gasteiger partial charge on any atom is 0.0541 e. The molecule has 286 valence electrons. The second-order valence-corrected chi connectivity index (χ2v) is 18.2. The molecule has 10 aromatic rings. The molecule has 2 heterocycles. The van der Waals surface area contributed by atoms with E-state index in [1.807, 2.05) is 0 Å². The average molecular weight is 761 g/mol. The summed E-state index contributed by atoms with van der Waals surface area (Å²) in [5, 5.41) is 5.06. The first-order valence-electron chi connectivity index (χ1n) is 21.0. The highest BCUT2D eigenvalue weighted by Gasteiger charge is 2.57. The molecule has 2 aromatic heterocycles. The van der Waals surface area contributed by atoms with Gasteiger partial charge in [-0.2, -0.15) is 0 Å². The third-order valence-corrected chi connectivity index (χ3v) is 14.8. The van der Waals surface area contributed by atoms with E-state index in [-0.39, 0.29) is 16.2 Å².